The highest BCUT2D eigenvalue weighted by Gasteiger charge is 2.36. The van der Waals surface area contributed by atoms with E-state index in [0.29, 0.717) is 12.8 Å². The third-order valence-electron chi connectivity index (χ3n) is 5.06. The molecule has 0 bridgehead atoms. The summed E-state index contributed by atoms with van der Waals surface area (Å²) in [5.41, 5.74) is 0.720. The number of nitrogens with zero attached hydrogens (tertiary/aromatic N) is 1. The second-order valence-electron chi connectivity index (χ2n) is 8.39. The van der Waals surface area contributed by atoms with Crippen molar-refractivity contribution in [2.45, 2.75) is 71.1 Å². The summed E-state index contributed by atoms with van der Waals surface area (Å²) in [5, 5.41) is 9.30. The fourth-order valence-electron chi connectivity index (χ4n) is 3.79. The Hall–Kier alpha value is -1.59. The molecule has 1 saturated heterocycles. The lowest BCUT2D eigenvalue weighted by molar-refractivity contribution is -0.163. The minimum Gasteiger partial charge on any atom is -0.497 e. The molecule has 2 atom stereocenters. The van der Waals surface area contributed by atoms with Crippen molar-refractivity contribution in [1.82, 2.24) is 4.90 Å². The summed E-state index contributed by atoms with van der Waals surface area (Å²) in [5.74, 6) is 0.515. The molecule has 1 N–H and O–H groups in total. The van der Waals surface area contributed by atoms with Crippen molar-refractivity contribution in [2.75, 3.05) is 20.3 Å². The molecule has 1 fully saturated rings. The van der Waals surface area contributed by atoms with Gasteiger partial charge in [-0.25, -0.2) is 0 Å². The Kier molecular flexibility index (Phi) is 8.11. The Morgan fingerprint density at radius 3 is 2.56 bits per heavy atom. The molecule has 1 heterocycles. The minimum atomic E-state index is -0.496. The van der Waals surface area contributed by atoms with E-state index in [1.807, 2.05) is 32.9 Å². The van der Waals surface area contributed by atoms with Crippen LogP contribution in [0.3, 0.4) is 0 Å². The zero-order chi connectivity index (χ0) is 19.9. The van der Waals surface area contributed by atoms with Crippen LogP contribution in [0.25, 0.3) is 0 Å². The van der Waals surface area contributed by atoms with E-state index in [1.54, 1.807) is 7.11 Å². The zero-order valence-corrected chi connectivity index (χ0v) is 17.2. The summed E-state index contributed by atoms with van der Waals surface area (Å²) >= 11 is 0. The van der Waals surface area contributed by atoms with Crippen LogP contribution in [-0.2, 0) is 16.1 Å². The number of rotatable bonds is 8. The second kappa shape index (κ2) is 10.1. The van der Waals surface area contributed by atoms with Crippen LogP contribution in [0.5, 0.6) is 5.75 Å². The van der Waals surface area contributed by atoms with E-state index in [4.69, 9.17) is 9.47 Å². The predicted molar refractivity (Wildman–Crippen MR) is 107 cm³/mol. The third kappa shape index (κ3) is 6.82. The summed E-state index contributed by atoms with van der Waals surface area (Å²) in [6, 6.07) is 8.28. The third-order valence-corrected chi connectivity index (χ3v) is 5.06. The van der Waals surface area contributed by atoms with Crippen LogP contribution in [0.4, 0.5) is 0 Å². The van der Waals surface area contributed by atoms with E-state index in [2.05, 4.69) is 17.0 Å². The molecule has 5 nitrogen and oxygen atoms in total. The molecule has 27 heavy (non-hydrogen) atoms. The number of methoxy groups -OCH3 is 1. The lowest BCUT2D eigenvalue weighted by Gasteiger charge is -2.40. The molecule has 0 aliphatic carbocycles. The Morgan fingerprint density at radius 2 is 1.96 bits per heavy atom. The van der Waals surface area contributed by atoms with E-state index in [9.17, 15) is 9.90 Å². The van der Waals surface area contributed by atoms with Gasteiger partial charge in [0.15, 0.2) is 0 Å². The SMILES string of the molecule is COc1ccc(CN2CCCC[C@@H]2[C@@H](CCCO)C(=O)OC(C)(C)C)cc1. The summed E-state index contributed by atoms with van der Waals surface area (Å²) in [4.78, 5) is 15.3. The molecule has 1 aromatic carbocycles. The van der Waals surface area contributed by atoms with E-state index >= 15 is 0 Å². The monoisotopic (exact) mass is 377 g/mol. The highest BCUT2D eigenvalue weighted by Crippen LogP contribution is 2.30. The second-order valence-corrected chi connectivity index (χ2v) is 8.39. The van der Waals surface area contributed by atoms with Gasteiger partial charge in [0.25, 0.3) is 0 Å². The number of carbonyl (C=O) groups is 1. The molecule has 1 aromatic rings. The highest BCUT2D eigenvalue weighted by atomic mass is 16.6. The number of likely N-dealkylation sites (tertiary alicyclic amines) is 1. The van der Waals surface area contributed by atoms with Gasteiger partial charge in [-0.3, -0.25) is 9.69 Å². The fraction of sp³-hybridized carbons (Fsp3) is 0.682. The first-order valence-electron chi connectivity index (χ1n) is 10.0. The molecule has 0 saturated carbocycles. The first kappa shape index (κ1) is 21.7. The van der Waals surface area contributed by atoms with Gasteiger partial charge in [0.2, 0.25) is 0 Å². The van der Waals surface area contributed by atoms with E-state index in [-0.39, 0.29) is 24.5 Å². The van der Waals surface area contributed by atoms with Gasteiger partial charge in [-0.05, 0) is 70.7 Å². The quantitative estimate of drug-likeness (QED) is 0.699. The van der Waals surface area contributed by atoms with Crippen LogP contribution in [0.15, 0.2) is 24.3 Å². The lowest BCUT2D eigenvalue weighted by Crippen LogP contribution is -2.47. The van der Waals surface area contributed by atoms with Crippen molar-refractivity contribution in [3.63, 3.8) is 0 Å². The van der Waals surface area contributed by atoms with Gasteiger partial charge < -0.3 is 14.6 Å². The maximum atomic E-state index is 12.9. The summed E-state index contributed by atoms with van der Waals surface area (Å²) in [7, 11) is 1.67. The van der Waals surface area contributed by atoms with Crippen molar-refractivity contribution in [3.05, 3.63) is 29.8 Å². The Bertz CT molecular complexity index is 579. The molecule has 5 heteroatoms. The molecular formula is C22H35NO4. The van der Waals surface area contributed by atoms with Crippen LogP contribution in [-0.4, -0.2) is 47.9 Å². The molecule has 2 rings (SSSR count). The lowest BCUT2D eigenvalue weighted by atomic mass is 9.86. The number of piperidine rings is 1. The van der Waals surface area contributed by atoms with E-state index in [0.717, 1.165) is 38.1 Å². The Labute approximate surface area is 163 Å². The average molecular weight is 378 g/mol. The molecule has 0 spiro atoms. The number of hydrogen-bond acceptors (Lipinski definition) is 5. The van der Waals surface area contributed by atoms with Crippen LogP contribution in [0.2, 0.25) is 0 Å². The van der Waals surface area contributed by atoms with Crippen molar-refractivity contribution in [1.29, 1.82) is 0 Å². The van der Waals surface area contributed by atoms with Gasteiger partial charge in [0, 0.05) is 19.2 Å². The predicted octanol–water partition coefficient (Wildman–Crippen LogP) is 3.78. The van der Waals surface area contributed by atoms with Crippen LogP contribution in [0.1, 0.15) is 58.4 Å². The largest absolute Gasteiger partial charge is 0.497 e. The normalized spacial score (nSPS) is 19.5. The van der Waals surface area contributed by atoms with Crippen molar-refractivity contribution in [2.24, 2.45) is 5.92 Å². The number of aliphatic hydroxyl groups excluding tert-OH is 1. The van der Waals surface area contributed by atoms with Crippen molar-refractivity contribution < 1.29 is 19.4 Å². The van der Waals surface area contributed by atoms with Crippen LogP contribution >= 0.6 is 0 Å². The van der Waals surface area contributed by atoms with E-state index in [1.165, 1.54) is 5.56 Å². The number of benzene rings is 1. The van der Waals surface area contributed by atoms with Gasteiger partial charge in [-0.15, -0.1) is 0 Å². The minimum absolute atomic E-state index is 0.102. The molecular weight excluding hydrogens is 342 g/mol. The average Bonchev–Trinajstić information content (AvgIpc) is 2.62. The van der Waals surface area contributed by atoms with E-state index < -0.39 is 5.60 Å². The number of hydrogen-bond donors (Lipinski definition) is 1. The van der Waals surface area contributed by atoms with Gasteiger partial charge in [0.05, 0.1) is 13.0 Å². The molecule has 152 valence electrons. The standard InChI is InChI=1S/C22H35NO4/c1-22(2,3)27-21(25)19(8-7-15-24)20-9-5-6-14-23(20)16-17-10-12-18(26-4)13-11-17/h10-13,19-20,24H,5-9,14-16H2,1-4H3/t19-,20-/m1/s1. The Morgan fingerprint density at radius 1 is 1.26 bits per heavy atom. The fourth-order valence-corrected chi connectivity index (χ4v) is 3.79. The number of ether oxygens (including phenoxy) is 2. The molecule has 0 amide bonds. The van der Waals surface area contributed by atoms with Crippen LogP contribution in [0, 0.1) is 5.92 Å². The maximum absolute atomic E-state index is 12.9. The summed E-state index contributed by atoms with van der Waals surface area (Å²) in [6.07, 6.45) is 4.55. The van der Waals surface area contributed by atoms with Gasteiger partial charge >= 0.3 is 5.97 Å². The molecule has 0 radical (unpaired) electrons. The van der Waals surface area contributed by atoms with Gasteiger partial charge in [-0.2, -0.15) is 0 Å². The molecule has 0 aromatic heterocycles. The smallest absolute Gasteiger partial charge is 0.311 e. The number of esters is 1. The number of carbonyl (C=O) groups excluding carboxylic acids is 1. The first-order chi connectivity index (χ1) is 12.8. The molecule has 0 unspecified atom stereocenters. The topological polar surface area (TPSA) is 59.0 Å². The van der Waals surface area contributed by atoms with Gasteiger partial charge in [0.1, 0.15) is 11.4 Å². The Balaban J connectivity index is 2.15. The molecule has 1 aliphatic heterocycles. The summed E-state index contributed by atoms with van der Waals surface area (Å²) < 4.78 is 11.0. The van der Waals surface area contributed by atoms with Crippen molar-refractivity contribution >= 4 is 5.97 Å². The summed E-state index contributed by atoms with van der Waals surface area (Å²) in [6.45, 7) is 7.62. The molecule has 1 aliphatic rings. The zero-order valence-electron chi connectivity index (χ0n) is 17.2. The van der Waals surface area contributed by atoms with Crippen LogP contribution < -0.4 is 4.74 Å². The van der Waals surface area contributed by atoms with Crippen molar-refractivity contribution in [3.8, 4) is 5.75 Å². The maximum Gasteiger partial charge on any atom is 0.311 e. The first-order valence-corrected chi connectivity index (χ1v) is 10.0. The van der Waals surface area contributed by atoms with Gasteiger partial charge in [-0.1, -0.05) is 18.6 Å². The highest BCUT2D eigenvalue weighted by molar-refractivity contribution is 5.73. The number of aliphatic hydroxyl groups is 1.